The number of nitrogens with one attached hydrogen (secondary N) is 1. The number of benzene rings is 1. The van der Waals surface area contributed by atoms with Gasteiger partial charge >= 0.3 is 0 Å². The molecule has 2 bridgehead atoms. The van der Waals surface area contributed by atoms with E-state index in [4.69, 9.17) is 0 Å². The average Bonchev–Trinajstić information content (AvgIpc) is 3.11. The molecule has 0 radical (unpaired) electrons. The van der Waals surface area contributed by atoms with Gasteiger partial charge in [0.25, 0.3) is 5.91 Å². The van der Waals surface area contributed by atoms with Gasteiger partial charge in [-0.15, -0.1) is 0 Å². The molecule has 4 nitrogen and oxygen atoms in total. The third kappa shape index (κ3) is 3.66. The average molecular weight is 388 g/mol. The molecule has 0 saturated heterocycles. The van der Waals surface area contributed by atoms with E-state index in [0.717, 1.165) is 18.2 Å². The third-order valence-electron chi connectivity index (χ3n) is 5.59. The minimum Gasteiger partial charge on any atom is -0.345 e. The lowest BCUT2D eigenvalue weighted by molar-refractivity contribution is -0.117. The van der Waals surface area contributed by atoms with Crippen LogP contribution in [0.1, 0.15) is 47.3 Å². The molecule has 28 heavy (non-hydrogen) atoms. The normalized spacial score (nSPS) is 25.2. The number of ketones is 1. The number of rotatable bonds is 6. The Labute approximate surface area is 160 Å². The molecule has 146 valence electrons. The van der Waals surface area contributed by atoms with Gasteiger partial charge in [0.05, 0.1) is 0 Å². The monoisotopic (exact) mass is 388 g/mol. The van der Waals surface area contributed by atoms with E-state index in [1.54, 1.807) is 6.07 Å². The molecule has 0 spiro atoms. The SMILES string of the molecule is O=C(Cc1ccnc(C(=O)NC23CCC(F)(C2)C3)c1)Cc1cc(F)ccc1F. The maximum Gasteiger partial charge on any atom is 0.270 e. The molecule has 0 aliphatic heterocycles. The summed E-state index contributed by atoms with van der Waals surface area (Å²) in [5.41, 5.74) is -0.911. The van der Waals surface area contributed by atoms with Crippen LogP contribution in [0, 0.1) is 11.6 Å². The van der Waals surface area contributed by atoms with Gasteiger partial charge in [-0.1, -0.05) is 0 Å². The third-order valence-corrected chi connectivity index (χ3v) is 5.59. The van der Waals surface area contributed by atoms with E-state index in [1.807, 2.05) is 0 Å². The van der Waals surface area contributed by atoms with E-state index in [-0.39, 0.29) is 29.9 Å². The summed E-state index contributed by atoms with van der Waals surface area (Å²) in [6, 6.07) is 6.09. The number of amides is 1. The van der Waals surface area contributed by atoms with Crippen molar-refractivity contribution in [3.05, 3.63) is 65.0 Å². The number of carbonyl (C=O) groups excluding carboxylic acids is 2. The molecular weight excluding hydrogens is 369 g/mol. The first-order valence-electron chi connectivity index (χ1n) is 9.18. The van der Waals surface area contributed by atoms with Crippen molar-refractivity contribution in [2.75, 3.05) is 0 Å². The summed E-state index contributed by atoms with van der Waals surface area (Å²) in [6.45, 7) is 0. The minimum atomic E-state index is -1.14. The van der Waals surface area contributed by atoms with Crippen molar-refractivity contribution in [3.63, 3.8) is 0 Å². The summed E-state index contributed by atoms with van der Waals surface area (Å²) in [5, 5.41) is 2.88. The van der Waals surface area contributed by atoms with Crippen LogP contribution in [-0.4, -0.2) is 27.9 Å². The molecule has 1 heterocycles. The molecule has 0 unspecified atom stereocenters. The van der Waals surface area contributed by atoms with Crippen LogP contribution in [0.15, 0.2) is 36.5 Å². The van der Waals surface area contributed by atoms with Crippen LogP contribution >= 0.6 is 0 Å². The number of Topliss-reactive ketones (excluding diaryl/α,β-unsaturated/α-hetero) is 1. The number of aromatic nitrogens is 1. The quantitative estimate of drug-likeness (QED) is 0.824. The van der Waals surface area contributed by atoms with Gasteiger partial charge in [0, 0.05) is 37.4 Å². The van der Waals surface area contributed by atoms with Gasteiger partial charge in [0.2, 0.25) is 0 Å². The van der Waals surface area contributed by atoms with Gasteiger partial charge in [-0.25, -0.2) is 13.2 Å². The molecule has 5 rings (SSSR count). The summed E-state index contributed by atoms with van der Waals surface area (Å²) in [5.74, 6) is -1.94. The predicted molar refractivity (Wildman–Crippen MR) is 95.5 cm³/mol. The van der Waals surface area contributed by atoms with Crippen LogP contribution in [0.25, 0.3) is 0 Å². The Morgan fingerprint density at radius 2 is 1.86 bits per heavy atom. The first kappa shape index (κ1) is 18.7. The predicted octanol–water partition coefficient (Wildman–Crippen LogP) is 3.48. The number of nitrogens with zero attached hydrogens (tertiary/aromatic N) is 1. The molecule has 3 aliphatic rings. The van der Waals surface area contributed by atoms with Gasteiger partial charge in [0.1, 0.15) is 28.8 Å². The maximum atomic E-state index is 14.0. The lowest BCUT2D eigenvalue weighted by Crippen LogP contribution is -2.57. The second-order valence-electron chi connectivity index (χ2n) is 7.92. The second kappa shape index (κ2) is 6.72. The number of pyridine rings is 1. The Kier molecular flexibility index (Phi) is 4.48. The number of carbonyl (C=O) groups is 2. The fraction of sp³-hybridized carbons (Fsp3) is 0.381. The highest BCUT2D eigenvalue weighted by molar-refractivity contribution is 5.93. The molecule has 0 atom stereocenters. The van der Waals surface area contributed by atoms with E-state index >= 15 is 0 Å². The zero-order valence-corrected chi connectivity index (χ0v) is 15.1. The molecule has 7 heteroatoms. The smallest absolute Gasteiger partial charge is 0.270 e. The summed E-state index contributed by atoms with van der Waals surface area (Å²) in [6.07, 6.45) is 2.91. The van der Waals surface area contributed by atoms with Crippen LogP contribution in [0.2, 0.25) is 0 Å². The van der Waals surface area contributed by atoms with Crippen molar-refractivity contribution in [2.45, 2.75) is 49.7 Å². The second-order valence-corrected chi connectivity index (χ2v) is 7.92. The van der Waals surface area contributed by atoms with Crippen molar-refractivity contribution in [1.29, 1.82) is 0 Å². The molecule has 2 aromatic rings. The lowest BCUT2D eigenvalue weighted by Gasteiger charge is -2.42. The first-order valence-corrected chi connectivity index (χ1v) is 9.18. The van der Waals surface area contributed by atoms with Gasteiger partial charge in [0.15, 0.2) is 0 Å². The van der Waals surface area contributed by atoms with Gasteiger partial charge in [-0.3, -0.25) is 14.6 Å². The molecular formula is C21H19F3N2O2. The Hall–Kier alpha value is -2.70. The highest BCUT2D eigenvalue weighted by Crippen LogP contribution is 2.57. The number of hydrogen-bond acceptors (Lipinski definition) is 3. The number of fused-ring (bicyclic) bond motifs is 1. The first-order chi connectivity index (χ1) is 13.3. The van der Waals surface area contributed by atoms with Crippen LogP contribution < -0.4 is 5.32 Å². The number of halogens is 3. The topological polar surface area (TPSA) is 59.1 Å². The van der Waals surface area contributed by atoms with Crippen molar-refractivity contribution >= 4 is 11.7 Å². The summed E-state index contributed by atoms with van der Waals surface area (Å²) in [4.78, 5) is 28.8. The Morgan fingerprint density at radius 3 is 2.57 bits per heavy atom. The highest BCUT2D eigenvalue weighted by atomic mass is 19.1. The summed E-state index contributed by atoms with van der Waals surface area (Å²) >= 11 is 0. The standard InChI is InChI=1S/C21H19F3N2O2/c22-15-1-2-17(23)14(9-15)10-16(27)7-13-3-6-25-18(8-13)19(28)26-21-5-4-20(24,11-21)12-21/h1-3,6,8-9H,4-5,7,10-12H2,(H,26,28). The fourth-order valence-electron chi connectivity index (χ4n) is 4.32. The maximum absolute atomic E-state index is 14.0. The lowest BCUT2D eigenvalue weighted by atomic mass is 9.75. The van der Waals surface area contributed by atoms with Crippen LogP contribution in [-0.2, 0) is 17.6 Å². The summed E-state index contributed by atoms with van der Waals surface area (Å²) < 4.78 is 40.9. The fourth-order valence-corrected chi connectivity index (χ4v) is 4.32. The minimum absolute atomic E-state index is 0.00274. The van der Waals surface area contributed by atoms with Crippen molar-refractivity contribution < 1.29 is 22.8 Å². The van der Waals surface area contributed by atoms with Gasteiger partial charge in [-0.05, 0) is 54.3 Å². The Balaban J connectivity index is 1.40. The van der Waals surface area contributed by atoms with Crippen LogP contribution in [0.4, 0.5) is 13.2 Å². The molecule has 1 N–H and O–H groups in total. The van der Waals surface area contributed by atoms with Crippen molar-refractivity contribution in [1.82, 2.24) is 10.3 Å². The highest BCUT2D eigenvalue weighted by Gasteiger charge is 2.62. The molecule has 1 aromatic heterocycles. The van der Waals surface area contributed by atoms with Gasteiger partial charge in [-0.2, -0.15) is 0 Å². The molecule has 3 saturated carbocycles. The molecule has 1 aromatic carbocycles. The zero-order chi connectivity index (χ0) is 19.9. The molecule has 1 amide bonds. The van der Waals surface area contributed by atoms with E-state index in [1.165, 1.54) is 12.3 Å². The van der Waals surface area contributed by atoms with E-state index in [0.29, 0.717) is 31.2 Å². The van der Waals surface area contributed by atoms with E-state index in [9.17, 15) is 22.8 Å². The summed E-state index contributed by atoms with van der Waals surface area (Å²) in [7, 11) is 0. The Morgan fingerprint density at radius 1 is 1.07 bits per heavy atom. The molecule has 3 fully saturated rings. The van der Waals surface area contributed by atoms with E-state index < -0.39 is 28.7 Å². The van der Waals surface area contributed by atoms with Gasteiger partial charge < -0.3 is 5.32 Å². The Bertz CT molecular complexity index is 954. The molecule has 3 aliphatic carbocycles. The van der Waals surface area contributed by atoms with Crippen molar-refractivity contribution in [2.24, 2.45) is 0 Å². The number of alkyl halides is 1. The van der Waals surface area contributed by atoms with E-state index in [2.05, 4.69) is 10.3 Å². The van der Waals surface area contributed by atoms with Crippen molar-refractivity contribution in [3.8, 4) is 0 Å². The zero-order valence-electron chi connectivity index (χ0n) is 15.1. The van der Waals surface area contributed by atoms with Crippen LogP contribution in [0.3, 0.4) is 0 Å². The largest absolute Gasteiger partial charge is 0.345 e. The van der Waals surface area contributed by atoms with Crippen LogP contribution in [0.5, 0.6) is 0 Å². The number of hydrogen-bond donors (Lipinski definition) is 1.